The molecule has 0 saturated heterocycles. The summed E-state index contributed by atoms with van der Waals surface area (Å²) in [6, 6.07) is 2.40. The molecule has 0 saturated carbocycles. The van der Waals surface area contributed by atoms with Crippen molar-refractivity contribution in [2.75, 3.05) is 0 Å². The Morgan fingerprint density at radius 1 is 1.80 bits per heavy atom. The normalized spacial score (nSPS) is 11.7. The molecule has 0 radical (unpaired) electrons. The van der Waals surface area contributed by atoms with Crippen LogP contribution < -0.4 is 5.32 Å². The standard InChI is InChI=1S/C8H14N2/c1-4-8(5-6-9)10-7(2)3/h8,10H,2,4-5H2,1,3H3. The first-order valence-electron chi connectivity index (χ1n) is 3.49. The van der Waals surface area contributed by atoms with Crippen molar-refractivity contribution in [2.24, 2.45) is 0 Å². The van der Waals surface area contributed by atoms with E-state index in [2.05, 4.69) is 24.9 Å². The minimum absolute atomic E-state index is 0.280. The van der Waals surface area contributed by atoms with Crippen molar-refractivity contribution < 1.29 is 0 Å². The van der Waals surface area contributed by atoms with Gasteiger partial charge in [-0.05, 0) is 13.3 Å². The number of hydrogen-bond acceptors (Lipinski definition) is 2. The van der Waals surface area contributed by atoms with Crippen molar-refractivity contribution in [1.29, 1.82) is 5.26 Å². The first-order chi connectivity index (χ1) is 4.70. The van der Waals surface area contributed by atoms with Gasteiger partial charge in [-0.1, -0.05) is 13.5 Å². The molecule has 0 bridgehead atoms. The molecule has 0 aromatic heterocycles. The van der Waals surface area contributed by atoms with Gasteiger partial charge in [-0.2, -0.15) is 5.26 Å². The molecule has 56 valence electrons. The minimum atomic E-state index is 0.280. The first kappa shape index (κ1) is 9.03. The van der Waals surface area contributed by atoms with E-state index < -0.39 is 0 Å². The summed E-state index contributed by atoms with van der Waals surface area (Å²) < 4.78 is 0. The summed E-state index contributed by atoms with van der Waals surface area (Å²) in [6.45, 7) is 7.66. The van der Waals surface area contributed by atoms with Crippen molar-refractivity contribution in [3.63, 3.8) is 0 Å². The molecule has 0 spiro atoms. The Labute approximate surface area is 62.5 Å². The van der Waals surface area contributed by atoms with Gasteiger partial charge in [0.15, 0.2) is 0 Å². The molecule has 0 aliphatic rings. The third-order valence-corrected chi connectivity index (χ3v) is 1.28. The Bertz CT molecular complexity index is 144. The zero-order chi connectivity index (χ0) is 7.98. The maximum atomic E-state index is 8.36. The van der Waals surface area contributed by atoms with Crippen molar-refractivity contribution in [2.45, 2.75) is 32.7 Å². The summed E-state index contributed by atoms with van der Waals surface area (Å²) in [6.07, 6.45) is 1.53. The Hall–Kier alpha value is -0.970. The fraction of sp³-hybridized carbons (Fsp3) is 0.625. The SMILES string of the molecule is C=C(C)NC(CC)CC#N. The lowest BCUT2D eigenvalue weighted by Crippen LogP contribution is -2.25. The summed E-state index contributed by atoms with van der Waals surface area (Å²) in [7, 11) is 0. The van der Waals surface area contributed by atoms with Crippen molar-refractivity contribution in [1.82, 2.24) is 5.32 Å². The van der Waals surface area contributed by atoms with Crippen LogP contribution in [0.4, 0.5) is 0 Å². The summed E-state index contributed by atoms with van der Waals surface area (Å²) in [5, 5.41) is 11.5. The molecule has 0 heterocycles. The van der Waals surface area contributed by atoms with Crippen LogP contribution in [0.15, 0.2) is 12.3 Å². The van der Waals surface area contributed by atoms with Gasteiger partial charge in [-0.15, -0.1) is 0 Å². The maximum Gasteiger partial charge on any atom is 0.0643 e. The van der Waals surface area contributed by atoms with Gasteiger partial charge in [0, 0.05) is 11.7 Å². The van der Waals surface area contributed by atoms with E-state index in [1.54, 1.807) is 0 Å². The average molecular weight is 138 g/mol. The Morgan fingerprint density at radius 2 is 2.40 bits per heavy atom. The molecule has 10 heavy (non-hydrogen) atoms. The third-order valence-electron chi connectivity index (χ3n) is 1.28. The van der Waals surface area contributed by atoms with Crippen LogP contribution >= 0.6 is 0 Å². The highest BCUT2D eigenvalue weighted by Crippen LogP contribution is 1.97. The summed E-state index contributed by atoms with van der Waals surface area (Å²) in [5.41, 5.74) is 0.933. The predicted molar refractivity (Wildman–Crippen MR) is 42.3 cm³/mol. The molecule has 0 aliphatic carbocycles. The second-order valence-corrected chi connectivity index (χ2v) is 2.39. The minimum Gasteiger partial charge on any atom is -0.385 e. The van der Waals surface area contributed by atoms with E-state index in [4.69, 9.17) is 5.26 Å². The highest BCUT2D eigenvalue weighted by molar-refractivity contribution is 4.91. The third kappa shape index (κ3) is 3.96. The number of nitrogens with zero attached hydrogens (tertiary/aromatic N) is 1. The van der Waals surface area contributed by atoms with Gasteiger partial charge in [0.2, 0.25) is 0 Å². The monoisotopic (exact) mass is 138 g/mol. The van der Waals surface area contributed by atoms with Crippen LogP contribution in [0, 0.1) is 11.3 Å². The van der Waals surface area contributed by atoms with E-state index in [1.807, 2.05) is 6.92 Å². The maximum absolute atomic E-state index is 8.36. The van der Waals surface area contributed by atoms with Crippen LogP contribution in [0.1, 0.15) is 26.7 Å². The fourth-order valence-electron chi connectivity index (χ4n) is 0.756. The van der Waals surface area contributed by atoms with Crippen LogP contribution in [-0.2, 0) is 0 Å². The number of nitriles is 1. The molecule has 2 nitrogen and oxygen atoms in total. The number of rotatable bonds is 4. The predicted octanol–water partition coefficient (Wildman–Crippen LogP) is 1.80. The lowest BCUT2D eigenvalue weighted by atomic mass is 10.1. The van der Waals surface area contributed by atoms with E-state index in [0.717, 1.165) is 12.1 Å². The Morgan fingerprint density at radius 3 is 2.70 bits per heavy atom. The number of hydrogen-bond donors (Lipinski definition) is 1. The van der Waals surface area contributed by atoms with Gasteiger partial charge >= 0.3 is 0 Å². The molecule has 0 rings (SSSR count). The average Bonchev–Trinajstić information content (AvgIpc) is 1.86. The molecule has 1 unspecified atom stereocenters. The molecule has 0 aromatic rings. The zero-order valence-corrected chi connectivity index (χ0v) is 6.65. The van der Waals surface area contributed by atoms with Crippen LogP contribution in [0.3, 0.4) is 0 Å². The highest BCUT2D eigenvalue weighted by Gasteiger charge is 2.02. The summed E-state index contributed by atoms with van der Waals surface area (Å²) >= 11 is 0. The molecule has 1 N–H and O–H groups in total. The second-order valence-electron chi connectivity index (χ2n) is 2.39. The van der Waals surface area contributed by atoms with Crippen LogP contribution in [0.2, 0.25) is 0 Å². The zero-order valence-electron chi connectivity index (χ0n) is 6.65. The topological polar surface area (TPSA) is 35.8 Å². The molecule has 0 aliphatic heterocycles. The Balaban J connectivity index is 3.62. The smallest absolute Gasteiger partial charge is 0.0643 e. The van der Waals surface area contributed by atoms with Crippen LogP contribution in [0.5, 0.6) is 0 Å². The lowest BCUT2D eigenvalue weighted by Gasteiger charge is -2.13. The number of allylic oxidation sites excluding steroid dienone is 1. The molecular formula is C8H14N2. The molecule has 0 amide bonds. The lowest BCUT2D eigenvalue weighted by molar-refractivity contribution is 0.561. The fourth-order valence-corrected chi connectivity index (χ4v) is 0.756. The molecule has 0 aromatic carbocycles. The van der Waals surface area contributed by atoms with E-state index in [0.29, 0.717) is 6.42 Å². The highest BCUT2D eigenvalue weighted by atomic mass is 14.9. The van der Waals surface area contributed by atoms with Crippen LogP contribution in [0.25, 0.3) is 0 Å². The molecular weight excluding hydrogens is 124 g/mol. The van der Waals surface area contributed by atoms with Crippen molar-refractivity contribution >= 4 is 0 Å². The van der Waals surface area contributed by atoms with E-state index in [1.165, 1.54) is 0 Å². The van der Waals surface area contributed by atoms with Gasteiger partial charge in [0.25, 0.3) is 0 Å². The van der Waals surface area contributed by atoms with Crippen molar-refractivity contribution in [3.8, 4) is 6.07 Å². The quantitative estimate of drug-likeness (QED) is 0.643. The molecule has 1 atom stereocenters. The second kappa shape index (κ2) is 4.87. The first-order valence-corrected chi connectivity index (χ1v) is 3.49. The van der Waals surface area contributed by atoms with E-state index in [-0.39, 0.29) is 6.04 Å². The molecule has 0 fully saturated rings. The molecule has 2 heteroatoms. The van der Waals surface area contributed by atoms with Gasteiger partial charge in [0.1, 0.15) is 0 Å². The van der Waals surface area contributed by atoms with E-state index in [9.17, 15) is 0 Å². The summed E-state index contributed by atoms with van der Waals surface area (Å²) in [5.74, 6) is 0. The Kier molecular flexibility index (Phi) is 4.39. The van der Waals surface area contributed by atoms with Gasteiger partial charge < -0.3 is 5.32 Å². The van der Waals surface area contributed by atoms with Crippen molar-refractivity contribution in [3.05, 3.63) is 12.3 Å². The number of nitrogens with one attached hydrogen (secondary N) is 1. The van der Waals surface area contributed by atoms with Gasteiger partial charge in [0.05, 0.1) is 12.5 Å². The van der Waals surface area contributed by atoms with Crippen LogP contribution in [-0.4, -0.2) is 6.04 Å². The van der Waals surface area contributed by atoms with Gasteiger partial charge in [-0.3, -0.25) is 0 Å². The van der Waals surface area contributed by atoms with Gasteiger partial charge in [-0.25, -0.2) is 0 Å². The largest absolute Gasteiger partial charge is 0.385 e. The summed E-state index contributed by atoms with van der Waals surface area (Å²) in [4.78, 5) is 0. The van der Waals surface area contributed by atoms with E-state index >= 15 is 0 Å².